The average molecular weight is 589 g/mol. The normalized spacial score (nSPS) is 16.4. The van der Waals surface area contributed by atoms with E-state index in [9.17, 15) is 19.1 Å². The number of rotatable bonds is 12. The SMILES string of the molecule is CCCCCOc1ccc(C2/C(=C(\O)c3cccc(OCCCC)c3)C(=O)C(=O)N2c2nc3ccc(F)cc3s2)cc1. The fourth-order valence-electron chi connectivity index (χ4n) is 4.85. The summed E-state index contributed by atoms with van der Waals surface area (Å²) in [5.41, 5.74) is 1.39. The second-order valence-electron chi connectivity index (χ2n) is 10.1. The van der Waals surface area contributed by atoms with Crippen molar-refractivity contribution in [2.45, 2.75) is 52.0 Å². The van der Waals surface area contributed by atoms with Crippen LogP contribution in [0.4, 0.5) is 9.52 Å². The second-order valence-corrected chi connectivity index (χ2v) is 11.1. The molecule has 4 aromatic rings. The molecule has 1 aromatic heterocycles. The molecule has 1 saturated heterocycles. The van der Waals surface area contributed by atoms with Gasteiger partial charge in [0.2, 0.25) is 0 Å². The third kappa shape index (κ3) is 6.16. The van der Waals surface area contributed by atoms with Crippen molar-refractivity contribution in [3.8, 4) is 11.5 Å². The smallest absolute Gasteiger partial charge is 0.301 e. The zero-order valence-electron chi connectivity index (χ0n) is 23.6. The van der Waals surface area contributed by atoms with Crippen molar-refractivity contribution >= 4 is 44.1 Å². The lowest BCUT2D eigenvalue weighted by atomic mass is 9.95. The van der Waals surface area contributed by atoms with E-state index in [1.165, 1.54) is 23.1 Å². The van der Waals surface area contributed by atoms with Crippen LogP contribution in [-0.2, 0) is 9.59 Å². The Kier molecular flexibility index (Phi) is 9.17. The van der Waals surface area contributed by atoms with E-state index in [4.69, 9.17) is 9.47 Å². The summed E-state index contributed by atoms with van der Waals surface area (Å²) >= 11 is 1.11. The van der Waals surface area contributed by atoms with Crippen LogP contribution in [0.2, 0.25) is 0 Å². The Balaban J connectivity index is 1.57. The zero-order valence-corrected chi connectivity index (χ0v) is 24.5. The van der Waals surface area contributed by atoms with E-state index < -0.39 is 23.5 Å². The van der Waals surface area contributed by atoms with Gasteiger partial charge in [0.05, 0.1) is 35.0 Å². The number of anilines is 1. The molecular formula is C33H33FN2O5S. The summed E-state index contributed by atoms with van der Waals surface area (Å²) in [6.07, 6.45) is 4.96. The number of Topliss-reactive ketones (excluding diaryl/α,β-unsaturated/α-hetero) is 1. The van der Waals surface area contributed by atoms with Crippen molar-refractivity contribution in [2.24, 2.45) is 0 Å². The van der Waals surface area contributed by atoms with Crippen LogP contribution < -0.4 is 14.4 Å². The number of aromatic nitrogens is 1. The molecule has 9 heteroatoms. The number of halogens is 1. The van der Waals surface area contributed by atoms with Crippen LogP contribution in [-0.4, -0.2) is 35.0 Å². The Morgan fingerprint density at radius 1 is 0.929 bits per heavy atom. The predicted molar refractivity (Wildman–Crippen MR) is 163 cm³/mol. The highest BCUT2D eigenvalue weighted by Crippen LogP contribution is 2.44. The molecule has 0 bridgehead atoms. The highest BCUT2D eigenvalue weighted by atomic mass is 32.1. The summed E-state index contributed by atoms with van der Waals surface area (Å²) in [5, 5.41) is 11.8. The summed E-state index contributed by atoms with van der Waals surface area (Å²) in [4.78, 5) is 33.0. The second kappa shape index (κ2) is 13.2. The van der Waals surface area contributed by atoms with E-state index >= 15 is 0 Å². The number of aliphatic hydroxyl groups excluding tert-OH is 1. The number of unbranched alkanes of at least 4 members (excludes halogenated alkanes) is 3. The standard InChI is InChI=1S/C33H33FN2O5S/c1-3-5-7-18-40-24-14-11-21(12-15-24)29-28(30(37)22-9-8-10-25(19-22)41-17-6-4-2)31(38)32(39)36(29)33-35-26-16-13-23(34)20-27(26)42-33/h8-16,19-20,29,37H,3-7,17-18H2,1-2H3/b30-28+. The number of fused-ring (bicyclic) bond motifs is 1. The minimum Gasteiger partial charge on any atom is -0.507 e. The molecule has 2 heterocycles. The molecule has 1 aliphatic rings. The highest BCUT2D eigenvalue weighted by Gasteiger charge is 2.48. The van der Waals surface area contributed by atoms with Crippen LogP contribution in [0.3, 0.4) is 0 Å². The lowest BCUT2D eigenvalue weighted by Crippen LogP contribution is -2.29. The molecule has 7 nitrogen and oxygen atoms in total. The third-order valence-corrected chi connectivity index (χ3v) is 8.09. The Hall–Kier alpha value is -4.24. The van der Waals surface area contributed by atoms with Crippen molar-refractivity contribution in [1.82, 2.24) is 4.98 Å². The van der Waals surface area contributed by atoms with Crippen LogP contribution in [0.25, 0.3) is 16.0 Å². The van der Waals surface area contributed by atoms with Gasteiger partial charge in [-0.25, -0.2) is 9.37 Å². The van der Waals surface area contributed by atoms with E-state index in [1.54, 1.807) is 48.5 Å². The van der Waals surface area contributed by atoms with Gasteiger partial charge in [0.15, 0.2) is 5.13 Å². The summed E-state index contributed by atoms with van der Waals surface area (Å²) in [7, 11) is 0. The molecule has 3 aromatic carbocycles. The van der Waals surface area contributed by atoms with Gasteiger partial charge in [-0.05, 0) is 60.9 Å². The van der Waals surface area contributed by atoms with Crippen LogP contribution in [0, 0.1) is 5.82 Å². The molecule has 0 spiro atoms. The maximum absolute atomic E-state index is 13.9. The monoisotopic (exact) mass is 588 g/mol. The number of amides is 1. The van der Waals surface area contributed by atoms with E-state index in [-0.39, 0.29) is 16.5 Å². The number of hydrogen-bond acceptors (Lipinski definition) is 7. The molecule has 1 fully saturated rings. The van der Waals surface area contributed by atoms with Gasteiger partial charge in [-0.1, -0.05) is 68.7 Å². The summed E-state index contributed by atoms with van der Waals surface area (Å²) in [6, 6.07) is 17.2. The largest absolute Gasteiger partial charge is 0.507 e. The topological polar surface area (TPSA) is 89.0 Å². The Labute approximate surface area is 248 Å². The van der Waals surface area contributed by atoms with Crippen molar-refractivity contribution in [3.05, 3.63) is 89.2 Å². The van der Waals surface area contributed by atoms with Crippen molar-refractivity contribution in [2.75, 3.05) is 18.1 Å². The molecular weight excluding hydrogens is 555 g/mol. The lowest BCUT2D eigenvalue weighted by molar-refractivity contribution is -0.132. The van der Waals surface area contributed by atoms with Crippen LogP contribution in [0.1, 0.15) is 63.1 Å². The number of benzene rings is 3. The van der Waals surface area contributed by atoms with Gasteiger partial charge in [-0.15, -0.1) is 0 Å². The first kappa shape index (κ1) is 29.3. The Morgan fingerprint density at radius 2 is 1.67 bits per heavy atom. The number of thiazole rings is 1. The molecule has 1 atom stereocenters. The molecule has 1 amide bonds. The summed E-state index contributed by atoms with van der Waals surface area (Å²) < 4.78 is 26.1. The number of nitrogens with zero attached hydrogens (tertiary/aromatic N) is 2. The molecule has 0 aliphatic carbocycles. The van der Waals surface area contributed by atoms with Crippen molar-refractivity contribution < 1.29 is 28.6 Å². The maximum Gasteiger partial charge on any atom is 0.301 e. The molecule has 42 heavy (non-hydrogen) atoms. The summed E-state index contributed by atoms with van der Waals surface area (Å²) in [5.74, 6) is -1.17. The lowest BCUT2D eigenvalue weighted by Gasteiger charge is -2.23. The van der Waals surface area contributed by atoms with Gasteiger partial charge >= 0.3 is 5.91 Å². The van der Waals surface area contributed by atoms with Gasteiger partial charge in [0, 0.05) is 5.56 Å². The number of carbonyl (C=O) groups is 2. The fraction of sp³-hybridized carbons (Fsp3) is 0.303. The Bertz CT molecular complexity index is 1610. The highest BCUT2D eigenvalue weighted by molar-refractivity contribution is 7.22. The number of carbonyl (C=O) groups excluding carboxylic acids is 2. The molecule has 218 valence electrons. The minimum absolute atomic E-state index is 0.0623. The number of hydrogen-bond donors (Lipinski definition) is 1. The molecule has 1 aliphatic heterocycles. The third-order valence-electron chi connectivity index (χ3n) is 7.08. The van der Waals surface area contributed by atoms with Gasteiger partial charge < -0.3 is 14.6 Å². The predicted octanol–water partition coefficient (Wildman–Crippen LogP) is 7.81. The number of ketones is 1. The van der Waals surface area contributed by atoms with Crippen LogP contribution in [0.15, 0.2) is 72.3 Å². The average Bonchev–Trinajstić information content (AvgIpc) is 3.53. The van der Waals surface area contributed by atoms with E-state index in [0.717, 1.165) is 43.4 Å². The molecule has 0 saturated carbocycles. The van der Waals surface area contributed by atoms with E-state index in [1.807, 2.05) is 0 Å². The minimum atomic E-state index is -0.964. The fourth-order valence-corrected chi connectivity index (χ4v) is 5.86. The first-order valence-electron chi connectivity index (χ1n) is 14.2. The molecule has 0 radical (unpaired) electrons. The first-order valence-corrected chi connectivity index (χ1v) is 15.1. The van der Waals surface area contributed by atoms with Crippen LogP contribution >= 0.6 is 11.3 Å². The Morgan fingerprint density at radius 3 is 2.43 bits per heavy atom. The number of ether oxygens (including phenoxy) is 2. The summed E-state index contributed by atoms with van der Waals surface area (Å²) in [6.45, 7) is 5.31. The van der Waals surface area contributed by atoms with Gasteiger partial charge in [-0.2, -0.15) is 0 Å². The number of aliphatic hydroxyl groups is 1. The van der Waals surface area contributed by atoms with E-state index in [0.29, 0.717) is 46.1 Å². The molecule has 1 unspecified atom stereocenters. The van der Waals surface area contributed by atoms with Crippen LogP contribution in [0.5, 0.6) is 11.5 Å². The van der Waals surface area contributed by atoms with Gasteiger partial charge in [-0.3, -0.25) is 14.5 Å². The van der Waals surface area contributed by atoms with Crippen molar-refractivity contribution in [1.29, 1.82) is 0 Å². The maximum atomic E-state index is 13.9. The first-order chi connectivity index (χ1) is 20.4. The molecule has 1 N–H and O–H groups in total. The zero-order chi connectivity index (χ0) is 29.6. The van der Waals surface area contributed by atoms with Crippen molar-refractivity contribution in [3.63, 3.8) is 0 Å². The van der Waals surface area contributed by atoms with Gasteiger partial charge in [0.1, 0.15) is 23.1 Å². The van der Waals surface area contributed by atoms with Gasteiger partial charge in [0.25, 0.3) is 5.78 Å². The van der Waals surface area contributed by atoms with E-state index in [2.05, 4.69) is 18.8 Å². The molecule has 5 rings (SSSR count). The quantitative estimate of drug-likeness (QED) is 0.0786.